The van der Waals surface area contributed by atoms with Gasteiger partial charge in [0.2, 0.25) is 5.91 Å². The third kappa shape index (κ3) is 3.50. The van der Waals surface area contributed by atoms with E-state index in [1.807, 2.05) is 35.2 Å². The maximum Gasteiger partial charge on any atom is 0.253 e. The summed E-state index contributed by atoms with van der Waals surface area (Å²) in [7, 11) is 3.45. The van der Waals surface area contributed by atoms with Crippen LogP contribution in [0.5, 0.6) is 0 Å². The number of carbonyl (C=O) groups is 2. The highest BCUT2D eigenvalue weighted by Crippen LogP contribution is 2.31. The first kappa shape index (κ1) is 17.0. The van der Waals surface area contributed by atoms with Crippen molar-refractivity contribution in [2.45, 2.75) is 19.4 Å². The number of fused-ring (bicyclic) bond motifs is 1. The van der Waals surface area contributed by atoms with Crippen LogP contribution in [0.1, 0.15) is 22.8 Å². The lowest BCUT2D eigenvalue weighted by atomic mass is 10.1. The lowest BCUT2D eigenvalue weighted by Gasteiger charge is -2.23. The van der Waals surface area contributed by atoms with E-state index in [0.29, 0.717) is 5.56 Å². The quantitative estimate of drug-likeness (QED) is 0.933. The van der Waals surface area contributed by atoms with Crippen molar-refractivity contribution in [2.75, 3.05) is 30.9 Å². The molecule has 5 nitrogen and oxygen atoms in total. The molecular weight excluding hydrogens is 314 g/mol. The predicted molar refractivity (Wildman–Crippen MR) is 100 cm³/mol. The van der Waals surface area contributed by atoms with Gasteiger partial charge in [0.15, 0.2) is 0 Å². The van der Waals surface area contributed by atoms with Crippen molar-refractivity contribution < 1.29 is 9.59 Å². The zero-order valence-corrected chi connectivity index (χ0v) is 14.8. The van der Waals surface area contributed by atoms with Gasteiger partial charge >= 0.3 is 0 Å². The Morgan fingerprint density at radius 3 is 2.48 bits per heavy atom. The molecular formula is C20H23N3O2. The summed E-state index contributed by atoms with van der Waals surface area (Å²) in [6.07, 6.45) is 0.892. The van der Waals surface area contributed by atoms with Crippen molar-refractivity contribution in [1.29, 1.82) is 0 Å². The highest BCUT2D eigenvalue weighted by molar-refractivity contribution is 5.99. The Labute approximate surface area is 148 Å². The molecule has 0 spiro atoms. The summed E-state index contributed by atoms with van der Waals surface area (Å²) in [4.78, 5) is 28.0. The number of carbonyl (C=O) groups excluding carboxylic acids is 2. The van der Waals surface area contributed by atoms with Gasteiger partial charge in [-0.25, -0.2) is 0 Å². The van der Waals surface area contributed by atoms with Crippen molar-refractivity contribution >= 4 is 23.2 Å². The number of rotatable bonds is 4. The predicted octanol–water partition coefficient (Wildman–Crippen LogP) is 2.78. The van der Waals surface area contributed by atoms with Gasteiger partial charge in [-0.2, -0.15) is 0 Å². The molecule has 2 amide bonds. The maximum atomic E-state index is 12.7. The van der Waals surface area contributed by atoms with Gasteiger partial charge in [-0.05, 0) is 49.2 Å². The van der Waals surface area contributed by atoms with Crippen molar-refractivity contribution in [1.82, 2.24) is 4.90 Å². The second-order valence-corrected chi connectivity index (χ2v) is 6.58. The molecule has 1 unspecified atom stereocenters. The lowest BCUT2D eigenvalue weighted by molar-refractivity contribution is -0.117. The fourth-order valence-corrected chi connectivity index (χ4v) is 3.20. The van der Waals surface area contributed by atoms with Gasteiger partial charge in [0.1, 0.15) is 0 Å². The second-order valence-electron chi connectivity index (χ2n) is 6.58. The van der Waals surface area contributed by atoms with Crippen LogP contribution >= 0.6 is 0 Å². The molecule has 1 atom stereocenters. The van der Waals surface area contributed by atoms with Gasteiger partial charge in [0.25, 0.3) is 5.91 Å². The molecule has 1 N–H and O–H groups in total. The highest BCUT2D eigenvalue weighted by atomic mass is 16.2. The number of amides is 2. The summed E-state index contributed by atoms with van der Waals surface area (Å²) >= 11 is 0. The van der Waals surface area contributed by atoms with Crippen LogP contribution in [0.4, 0.5) is 11.4 Å². The van der Waals surface area contributed by atoms with Crippen LogP contribution < -0.4 is 10.2 Å². The van der Waals surface area contributed by atoms with Crippen LogP contribution in [0.3, 0.4) is 0 Å². The minimum Gasteiger partial charge on any atom is -0.376 e. The molecule has 3 rings (SSSR count). The molecule has 0 radical (unpaired) electrons. The van der Waals surface area contributed by atoms with E-state index < -0.39 is 0 Å². The van der Waals surface area contributed by atoms with Gasteiger partial charge in [-0.1, -0.05) is 18.2 Å². The molecule has 0 saturated carbocycles. The zero-order chi connectivity index (χ0) is 18.0. The second kappa shape index (κ2) is 6.97. The van der Waals surface area contributed by atoms with Gasteiger partial charge < -0.3 is 15.1 Å². The van der Waals surface area contributed by atoms with Crippen molar-refractivity contribution in [2.24, 2.45) is 0 Å². The number of benzene rings is 2. The molecule has 0 aromatic heterocycles. The monoisotopic (exact) mass is 337 g/mol. The molecule has 1 aliphatic heterocycles. The van der Waals surface area contributed by atoms with Crippen LogP contribution in [0, 0.1) is 0 Å². The van der Waals surface area contributed by atoms with Crippen LogP contribution in [-0.2, 0) is 11.2 Å². The first-order valence-electron chi connectivity index (χ1n) is 8.43. The highest BCUT2D eigenvalue weighted by Gasteiger charge is 2.30. The van der Waals surface area contributed by atoms with Crippen molar-refractivity contribution in [3.63, 3.8) is 0 Å². The minimum absolute atomic E-state index is 0.0369. The van der Waals surface area contributed by atoms with E-state index >= 15 is 0 Å². The van der Waals surface area contributed by atoms with E-state index in [-0.39, 0.29) is 24.4 Å². The first-order valence-corrected chi connectivity index (χ1v) is 8.43. The summed E-state index contributed by atoms with van der Waals surface area (Å²) in [5, 5.41) is 3.15. The summed E-state index contributed by atoms with van der Waals surface area (Å²) in [6, 6.07) is 15.4. The number of nitrogens with one attached hydrogen (secondary N) is 1. The number of para-hydroxylation sites is 1. The van der Waals surface area contributed by atoms with Crippen LogP contribution in [0.15, 0.2) is 48.5 Å². The Kier molecular flexibility index (Phi) is 4.74. The van der Waals surface area contributed by atoms with Crippen molar-refractivity contribution in [3.8, 4) is 0 Å². The van der Waals surface area contributed by atoms with Gasteiger partial charge in [-0.15, -0.1) is 0 Å². The van der Waals surface area contributed by atoms with Crippen LogP contribution in [-0.4, -0.2) is 43.4 Å². The van der Waals surface area contributed by atoms with Gasteiger partial charge in [0, 0.05) is 37.1 Å². The summed E-state index contributed by atoms with van der Waals surface area (Å²) in [5.41, 5.74) is 3.68. The molecule has 0 saturated heterocycles. The third-order valence-corrected chi connectivity index (χ3v) is 4.46. The van der Waals surface area contributed by atoms with E-state index in [0.717, 1.165) is 17.8 Å². The average Bonchev–Trinajstić information content (AvgIpc) is 2.95. The smallest absolute Gasteiger partial charge is 0.253 e. The first-order chi connectivity index (χ1) is 12.0. The SMILES string of the molecule is CC1Cc2ccccc2N1C(=O)CNc1ccc(C(=O)N(C)C)cc1. The largest absolute Gasteiger partial charge is 0.376 e. The zero-order valence-electron chi connectivity index (χ0n) is 14.8. The average molecular weight is 337 g/mol. The van der Waals surface area contributed by atoms with E-state index in [1.165, 1.54) is 10.5 Å². The maximum absolute atomic E-state index is 12.7. The molecule has 25 heavy (non-hydrogen) atoms. The van der Waals surface area contributed by atoms with E-state index in [9.17, 15) is 9.59 Å². The number of nitrogens with zero attached hydrogens (tertiary/aromatic N) is 2. The van der Waals surface area contributed by atoms with E-state index in [4.69, 9.17) is 0 Å². The fourth-order valence-electron chi connectivity index (χ4n) is 3.20. The Morgan fingerprint density at radius 1 is 1.12 bits per heavy atom. The topological polar surface area (TPSA) is 52.7 Å². The number of anilines is 2. The van der Waals surface area contributed by atoms with E-state index in [1.54, 1.807) is 26.2 Å². The lowest BCUT2D eigenvalue weighted by Crippen LogP contribution is -2.39. The third-order valence-electron chi connectivity index (χ3n) is 4.46. The number of hydrogen-bond acceptors (Lipinski definition) is 3. The Balaban J connectivity index is 1.64. The standard InChI is InChI=1S/C20H23N3O2/c1-14-12-16-6-4-5-7-18(16)23(14)19(24)13-21-17-10-8-15(9-11-17)20(25)22(2)3/h4-11,14,21H,12-13H2,1-3H3. The number of hydrogen-bond donors (Lipinski definition) is 1. The molecule has 0 fully saturated rings. The molecule has 130 valence electrons. The van der Waals surface area contributed by atoms with E-state index in [2.05, 4.69) is 18.3 Å². The molecule has 2 aromatic carbocycles. The molecule has 2 aromatic rings. The Bertz CT molecular complexity index is 784. The summed E-state index contributed by atoms with van der Waals surface area (Å²) in [5.74, 6) is 0.0102. The summed E-state index contributed by atoms with van der Waals surface area (Å²) in [6.45, 7) is 2.29. The fraction of sp³-hybridized carbons (Fsp3) is 0.300. The Hall–Kier alpha value is -2.82. The normalized spacial score (nSPS) is 15.6. The Morgan fingerprint density at radius 2 is 1.80 bits per heavy atom. The van der Waals surface area contributed by atoms with Gasteiger partial charge in [0.05, 0.1) is 6.54 Å². The van der Waals surface area contributed by atoms with Crippen LogP contribution in [0.2, 0.25) is 0 Å². The molecule has 1 heterocycles. The molecule has 5 heteroatoms. The van der Waals surface area contributed by atoms with Crippen LogP contribution in [0.25, 0.3) is 0 Å². The van der Waals surface area contributed by atoms with Crippen molar-refractivity contribution in [3.05, 3.63) is 59.7 Å². The molecule has 0 aliphatic carbocycles. The molecule has 1 aliphatic rings. The minimum atomic E-state index is -0.0369. The molecule has 0 bridgehead atoms. The van der Waals surface area contributed by atoms with Gasteiger partial charge in [-0.3, -0.25) is 9.59 Å². The summed E-state index contributed by atoms with van der Waals surface area (Å²) < 4.78 is 0.